The SMILES string of the molecule is CN1CCN(NC(=O)Cc2ccccc2CN)CC1. The molecule has 0 aromatic heterocycles. The molecule has 0 bridgehead atoms. The summed E-state index contributed by atoms with van der Waals surface area (Å²) in [6.45, 7) is 4.19. The Bertz CT molecular complexity index is 427. The Hall–Kier alpha value is -1.43. The van der Waals surface area contributed by atoms with Crippen LogP contribution in [-0.4, -0.2) is 49.0 Å². The molecule has 1 aromatic carbocycles. The number of hydrazine groups is 1. The molecular weight excluding hydrogens is 240 g/mol. The van der Waals surface area contributed by atoms with Crippen molar-refractivity contribution in [1.29, 1.82) is 0 Å². The summed E-state index contributed by atoms with van der Waals surface area (Å²) in [5.74, 6) is 0.0328. The van der Waals surface area contributed by atoms with Gasteiger partial charge in [0.1, 0.15) is 0 Å². The van der Waals surface area contributed by atoms with Crippen LogP contribution in [-0.2, 0) is 17.8 Å². The number of carbonyl (C=O) groups excluding carboxylic acids is 1. The highest BCUT2D eigenvalue weighted by Gasteiger charge is 2.16. The van der Waals surface area contributed by atoms with Crippen LogP contribution in [0.1, 0.15) is 11.1 Å². The van der Waals surface area contributed by atoms with Crippen molar-refractivity contribution >= 4 is 5.91 Å². The number of amides is 1. The molecule has 1 aliphatic rings. The Morgan fingerprint density at radius 2 is 1.84 bits per heavy atom. The fourth-order valence-corrected chi connectivity index (χ4v) is 2.24. The molecule has 3 N–H and O–H groups in total. The molecule has 1 heterocycles. The molecule has 0 aliphatic carbocycles. The normalized spacial score (nSPS) is 17.4. The quantitative estimate of drug-likeness (QED) is 0.800. The van der Waals surface area contributed by atoms with Crippen molar-refractivity contribution in [3.05, 3.63) is 35.4 Å². The van der Waals surface area contributed by atoms with Crippen molar-refractivity contribution < 1.29 is 4.79 Å². The molecule has 1 aliphatic heterocycles. The first-order valence-corrected chi connectivity index (χ1v) is 6.69. The molecule has 104 valence electrons. The molecule has 0 unspecified atom stereocenters. The second-order valence-corrected chi connectivity index (χ2v) is 4.97. The third-order valence-electron chi connectivity index (χ3n) is 3.48. The molecule has 0 spiro atoms. The van der Waals surface area contributed by atoms with Gasteiger partial charge in [0.25, 0.3) is 0 Å². The lowest BCUT2D eigenvalue weighted by Crippen LogP contribution is -2.52. The number of nitrogens with zero attached hydrogens (tertiary/aromatic N) is 2. The van der Waals surface area contributed by atoms with E-state index in [1.54, 1.807) is 0 Å². The lowest BCUT2D eigenvalue weighted by molar-refractivity contribution is -0.126. The zero-order valence-corrected chi connectivity index (χ0v) is 11.4. The van der Waals surface area contributed by atoms with Gasteiger partial charge in [0.2, 0.25) is 5.91 Å². The summed E-state index contributed by atoms with van der Waals surface area (Å²) in [5, 5.41) is 1.99. The van der Waals surface area contributed by atoms with Gasteiger partial charge in [-0.1, -0.05) is 24.3 Å². The monoisotopic (exact) mass is 262 g/mol. The van der Waals surface area contributed by atoms with E-state index < -0.39 is 0 Å². The maximum atomic E-state index is 12.0. The Kier molecular flexibility index (Phi) is 4.90. The van der Waals surface area contributed by atoms with Crippen molar-refractivity contribution in [2.75, 3.05) is 33.2 Å². The zero-order chi connectivity index (χ0) is 13.7. The van der Waals surface area contributed by atoms with Gasteiger partial charge < -0.3 is 10.6 Å². The summed E-state index contributed by atoms with van der Waals surface area (Å²) in [6.07, 6.45) is 0.389. The molecule has 0 saturated carbocycles. The van der Waals surface area contributed by atoms with Gasteiger partial charge in [0, 0.05) is 32.7 Å². The number of nitrogens with two attached hydrogens (primary N) is 1. The van der Waals surface area contributed by atoms with Crippen LogP contribution in [0.5, 0.6) is 0 Å². The van der Waals surface area contributed by atoms with Crippen molar-refractivity contribution in [2.24, 2.45) is 5.73 Å². The minimum atomic E-state index is 0.0328. The van der Waals surface area contributed by atoms with Gasteiger partial charge in [0.15, 0.2) is 0 Å². The molecule has 5 nitrogen and oxygen atoms in total. The van der Waals surface area contributed by atoms with E-state index in [0.29, 0.717) is 13.0 Å². The summed E-state index contributed by atoms with van der Waals surface area (Å²) in [5.41, 5.74) is 10.7. The van der Waals surface area contributed by atoms with Crippen LogP contribution in [0, 0.1) is 0 Å². The third kappa shape index (κ3) is 4.02. The Morgan fingerprint density at radius 1 is 1.21 bits per heavy atom. The van der Waals surface area contributed by atoms with Crippen LogP contribution in [0.25, 0.3) is 0 Å². The first-order chi connectivity index (χ1) is 9.19. The van der Waals surface area contributed by atoms with Gasteiger partial charge in [-0.2, -0.15) is 0 Å². The lowest BCUT2D eigenvalue weighted by atomic mass is 10.0. The molecule has 1 fully saturated rings. The third-order valence-corrected chi connectivity index (χ3v) is 3.48. The Morgan fingerprint density at radius 3 is 2.47 bits per heavy atom. The van der Waals surface area contributed by atoms with E-state index in [1.165, 1.54) is 0 Å². The van der Waals surface area contributed by atoms with Crippen LogP contribution in [0.15, 0.2) is 24.3 Å². The Labute approximate surface area is 114 Å². The van der Waals surface area contributed by atoms with E-state index in [0.717, 1.165) is 37.3 Å². The number of likely N-dealkylation sites (N-methyl/N-ethyl adjacent to an activating group) is 1. The van der Waals surface area contributed by atoms with Crippen LogP contribution in [0.3, 0.4) is 0 Å². The van der Waals surface area contributed by atoms with Crippen LogP contribution in [0.2, 0.25) is 0 Å². The van der Waals surface area contributed by atoms with E-state index in [1.807, 2.05) is 29.3 Å². The topological polar surface area (TPSA) is 61.6 Å². The fraction of sp³-hybridized carbons (Fsp3) is 0.500. The Balaban J connectivity index is 1.87. The zero-order valence-electron chi connectivity index (χ0n) is 11.4. The van der Waals surface area contributed by atoms with Crippen molar-refractivity contribution in [1.82, 2.24) is 15.3 Å². The predicted octanol–water partition coefficient (Wildman–Crippen LogP) is -0.0336. The molecule has 0 atom stereocenters. The van der Waals surface area contributed by atoms with Crippen molar-refractivity contribution in [3.8, 4) is 0 Å². The average molecular weight is 262 g/mol. The summed E-state index contributed by atoms with van der Waals surface area (Å²) < 4.78 is 0. The standard InChI is InChI=1S/C14H22N4O/c1-17-6-8-18(9-7-17)16-14(19)10-12-4-2-3-5-13(12)11-15/h2-5H,6-11,15H2,1H3,(H,16,19). The minimum Gasteiger partial charge on any atom is -0.326 e. The fourth-order valence-electron chi connectivity index (χ4n) is 2.24. The molecule has 1 amide bonds. The van der Waals surface area contributed by atoms with E-state index in [9.17, 15) is 4.79 Å². The second-order valence-electron chi connectivity index (χ2n) is 4.97. The number of nitrogens with one attached hydrogen (secondary N) is 1. The average Bonchev–Trinajstić information content (AvgIpc) is 2.42. The lowest BCUT2D eigenvalue weighted by Gasteiger charge is -2.32. The van der Waals surface area contributed by atoms with Gasteiger partial charge in [-0.15, -0.1) is 0 Å². The van der Waals surface area contributed by atoms with Gasteiger partial charge in [-0.25, -0.2) is 5.01 Å². The highest BCUT2D eigenvalue weighted by Crippen LogP contribution is 2.08. The highest BCUT2D eigenvalue weighted by atomic mass is 16.2. The van der Waals surface area contributed by atoms with Gasteiger partial charge in [-0.3, -0.25) is 10.2 Å². The van der Waals surface area contributed by atoms with Crippen LogP contribution >= 0.6 is 0 Å². The van der Waals surface area contributed by atoms with Crippen LogP contribution < -0.4 is 11.2 Å². The van der Waals surface area contributed by atoms with Crippen LogP contribution in [0.4, 0.5) is 0 Å². The molecule has 1 saturated heterocycles. The summed E-state index contributed by atoms with van der Waals surface area (Å²) >= 11 is 0. The van der Waals surface area contributed by atoms with Crippen molar-refractivity contribution in [3.63, 3.8) is 0 Å². The predicted molar refractivity (Wildman–Crippen MR) is 75.3 cm³/mol. The van der Waals surface area contributed by atoms with E-state index >= 15 is 0 Å². The largest absolute Gasteiger partial charge is 0.326 e. The molecule has 0 radical (unpaired) electrons. The number of hydrogen-bond donors (Lipinski definition) is 2. The van der Waals surface area contributed by atoms with Gasteiger partial charge in [0.05, 0.1) is 6.42 Å². The number of rotatable bonds is 4. The second kappa shape index (κ2) is 6.65. The minimum absolute atomic E-state index is 0.0328. The summed E-state index contributed by atoms with van der Waals surface area (Å²) in [6, 6.07) is 7.83. The first-order valence-electron chi connectivity index (χ1n) is 6.69. The highest BCUT2D eigenvalue weighted by molar-refractivity contribution is 5.78. The number of benzene rings is 1. The van der Waals surface area contributed by atoms with Gasteiger partial charge in [-0.05, 0) is 18.2 Å². The number of carbonyl (C=O) groups is 1. The maximum absolute atomic E-state index is 12.0. The number of piperazine rings is 1. The molecule has 19 heavy (non-hydrogen) atoms. The molecule has 1 aromatic rings. The first kappa shape index (κ1) is 14.0. The van der Waals surface area contributed by atoms with E-state index in [2.05, 4.69) is 17.4 Å². The summed E-state index contributed by atoms with van der Waals surface area (Å²) in [7, 11) is 2.09. The van der Waals surface area contributed by atoms with E-state index in [-0.39, 0.29) is 5.91 Å². The number of hydrogen-bond acceptors (Lipinski definition) is 4. The molecule has 2 rings (SSSR count). The molecule has 5 heteroatoms. The van der Waals surface area contributed by atoms with Crippen molar-refractivity contribution in [2.45, 2.75) is 13.0 Å². The van der Waals surface area contributed by atoms with E-state index in [4.69, 9.17) is 5.73 Å². The molecular formula is C14H22N4O. The maximum Gasteiger partial charge on any atom is 0.238 e. The van der Waals surface area contributed by atoms with Gasteiger partial charge >= 0.3 is 0 Å². The summed E-state index contributed by atoms with van der Waals surface area (Å²) in [4.78, 5) is 14.3. The smallest absolute Gasteiger partial charge is 0.238 e.